The molecule has 0 aliphatic carbocycles. The smallest absolute Gasteiger partial charge is 0.357 e. The van der Waals surface area contributed by atoms with Crippen molar-refractivity contribution in [2.24, 2.45) is 4.99 Å². The van der Waals surface area contributed by atoms with Crippen LogP contribution in [0.1, 0.15) is 18.1 Å². The summed E-state index contributed by atoms with van der Waals surface area (Å²) >= 11 is 0. The van der Waals surface area contributed by atoms with Gasteiger partial charge in [0.2, 0.25) is 0 Å². The van der Waals surface area contributed by atoms with E-state index in [1.54, 1.807) is 24.3 Å². The number of aliphatic imine (C=N–C) groups is 1. The molecule has 2 N–H and O–H groups in total. The van der Waals surface area contributed by atoms with Crippen LogP contribution in [0.15, 0.2) is 64.5 Å². The number of nitrogens with zero attached hydrogens (tertiary/aromatic N) is 1. The lowest BCUT2D eigenvalue weighted by Crippen LogP contribution is -2.39. The van der Waals surface area contributed by atoms with Crippen LogP contribution in [0.25, 0.3) is 0 Å². The summed E-state index contributed by atoms with van der Waals surface area (Å²) in [6.45, 7) is 2.51. The summed E-state index contributed by atoms with van der Waals surface area (Å²) in [4.78, 5) is 4.47. The number of guanidine groups is 1. The van der Waals surface area contributed by atoms with E-state index < -0.39 is 21.6 Å². The van der Waals surface area contributed by atoms with Gasteiger partial charge >= 0.3 is 6.18 Å². The van der Waals surface area contributed by atoms with Crippen molar-refractivity contribution < 1.29 is 21.6 Å². The van der Waals surface area contributed by atoms with Crippen LogP contribution in [-0.4, -0.2) is 33.2 Å². The summed E-state index contributed by atoms with van der Waals surface area (Å²) in [7, 11) is -3.43. The molecule has 0 unspecified atom stereocenters. The van der Waals surface area contributed by atoms with Crippen molar-refractivity contribution >= 4 is 39.8 Å². The molecule has 5 nitrogen and oxygen atoms in total. The number of alkyl halides is 3. The molecule has 0 aliphatic heterocycles. The van der Waals surface area contributed by atoms with Crippen LogP contribution >= 0.6 is 24.0 Å². The van der Waals surface area contributed by atoms with Crippen molar-refractivity contribution in [3.8, 4) is 0 Å². The Balaban J connectivity index is 0.00000420. The summed E-state index contributed by atoms with van der Waals surface area (Å²) < 4.78 is 62.9. The van der Waals surface area contributed by atoms with Crippen LogP contribution < -0.4 is 10.6 Å². The number of halogens is 4. The normalized spacial score (nSPS) is 12.2. The van der Waals surface area contributed by atoms with Crippen molar-refractivity contribution in [1.82, 2.24) is 10.6 Å². The molecule has 0 spiro atoms. The SMILES string of the molecule is CCNC(=NCc1cccc(C(F)(F)F)c1)NCCS(=O)(=O)c1ccccc1.I. The third-order valence-corrected chi connectivity index (χ3v) is 5.52. The van der Waals surface area contributed by atoms with E-state index in [1.165, 1.54) is 18.2 Å². The van der Waals surface area contributed by atoms with Crippen molar-refractivity contribution in [3.63, 3.8) is 0 Å². The molecule has 160 valence electrons. The second-order valence-electron chi connectivity index (χ2n) is 5.95. The minimum atomic E-state index is -4.41. The molecule has 2 rings (SSSR count). The fraction of sp³-hybridized carbons (Fsp3) is 0.316. The maximum absolute atomic E-state index is 12.8. The highest BCUT2D eigenvalue weighted by atomic mass is 127. The standard InChI is InChI=1S/C19H22F3N3O2S.HI/c1-2-23-18(24-11-12-28(26,27)17-9-4-3-5-10-17)25-14-15-7-6-8-16(13-15)19(20,21)22;/h3-10,13H,2,11-12,14H2,1H3,(H2,23,24,25);1H. The van der Waals surface area contributed by atoms with Gasteiger partial charge in [0.1, 0.15) is 0 Å². The molecule has 0 bridgehead atoms. The molecule has 29 heavy (non-hydrogen) atoms. The van der Waals surface area contributed by atoms with Gasteiger partial charge in [-0.2, -0.15) is 13.2 Å². The average molecular weight is 541 g/mol. The van der Waals surface area contributed by atoms with E-state index in [1.807, 2.05) is 6.92 Å². The average Bonchev–Trinajstić information content (AvgIpc) is 2.66. The molecule has 0 amide bonds. The highest BCUT2D eigenvalue weighted by molar-refractivity contribution is 14.0. The minimum absolute atomic E-state index is 0. The van der Waals surface area contributed by atoms with Gasteiger partial charge < -0.3 is 10.6 Å². The predicted molar refractivity (Wildman–Crippen MR) is 118 cm³/mol. The number of benzene rings is 2. The van der Waals surface area contributed by atoms with Gasteiger partial charge in [-0.05, 0) is 36.8 Å². The number of nitrogens with one attached hydrogen (secondary N) is 2. The molecule has 0 saturated heterocycles. The number of hydrogen-bond acceptors (Lipinski definition) is 3. The molecule has 0 saturated carbocycles. The molecule has 0 fully saturated rings. The van der Waals surface area contributed by atoms with E-state index in [-0.39, 0.29) is 47.7 Å². The molecule has 0 radical (unpaired) electrons. The van der Waals surface area contributed by atoms with Gasteiger partial charge in [-0.25, -0.2) is 13.4 Å². The Labute approximate surface area is 185 Å². The molecule has 2 aromatic carbocycles. The quantitative estimate of drug-likeness (QED) is 0.318. The third-order valence-electron chi connectivity index (χ3n) is 3.78. The monoisotopic (exact) mass is 541 g/mol. The number of sulfone groups is 1. The Hall–Kier alpha value is -1.82. The first-order valence-corrected chi connectivity index (χ1v) is 10.3. The first-order valence-electron chi connectivity index (χ1n) is 8.68. The molecule has 10 heteroatoms. The van der Waals surface area contributed by atoms with Gasteiger partial charge in [-0.15, -0.1) is 24.0 Å². The third kappa shape index (κ3) is 8.21. The first-order chi connectivity index (χ1) is 13.2. The lowest BCUT2D eigenvalue weighted by Gasteiger charge is -2.12. The van der Waals surface area contributed by atoms with E-state index in [4.69, 9.17) is 0 Å². The summed E-state index contributed by atoms with van der Waals surface area (Å²) in [5, 5.41) is 5.84. The summed E-state index contributed by atoms with van der Waals surface area (Å²) in [6.07, 6.45) is -4.41. The zero-order valence-electron chi connectivity index (χ0n) is 15.7. The summed E-state index contributed by atoms with van der Waals surface area (Å²) in [6, 6.07) is 13.0. The Morgan fingerprint density at radius 3 is 2.34 bits per heavy atom. The Morgan fingerprint density at radius 2 is 1.72 bits per heavy atom. The van der Waals surface area contributed by atoms with Gasteiger partial charge in [0.15, 0.2) is 15.8 Å². The second-order valence-corrected chi connectivity index (χ2v) is 8.06. The van der Waals surface area contributed by atoms with Crippen LogP contribution in [0.3, 0.4) is 0 Å². The zero-order valence-corrected chi connectivity index (χ0v) is 18.9. The van der Waals surface area contributed by atoms with E-state index >= 15 is 0 Å². The van der Waals surface area contributed by atoms with Crippen molar-refractivity contribution in [1.29, 1.82) is 0 Å². The van der Waals surface area contributed by atoms with E-state index in [9.17, 15) is 21.6 Å². The maximum atomic E-state index is 12.8. The second kappa shape index (κ2) is 11.4. The van der Waals surface area contributed by atoms with Crippen LogP contribution in [0, 0.1) is 0 Å². The maximum Gasteiger partial charge on any atom is 0.416 e. The Morgan fingerprint density at radius 1 is 1.03 bits per heavy atom. The lowest BCUT2D eigenvalue weighted by atomic mass is 10.1. The molecule has 2 aromatic rings. The molecule has 0 heterocycles. The van der Waals surface area contributed by atoms with Crippen LogP contribution in [0.5, 0.6) is 0 Å². The van der Waals surface area contributed by atoms with Gasteiger partial charge in [0.25, 0.3) is 0 Å². The number of hydrogen-bond donors (Lipinski definition) is 2. The number of rotatable bonds is 7. The minimum Gasteiger partial charge on any atom is -0.357 e. The van der Waals surface area contributed by atoms with Gasteiger partial charge in [-0.3, -0.25) is 0 Å². The fourth-order valence-corrected chi connectivity index (χ4v) is 3.59. The van der Waals surface area contributed by atoms with Gasteiger partial charge in [-0.1, -0.05) is 30.3 Å². The topological polar surface area (TPSA) is 70.6 Å². The molecule has 0 aliphatic rings. The van der Waals surface area contributed by atoms with Crippen molar-refractivity contribution in [2.75, 3.05) is 18.8 Å². The first kappa shape index (κ1) is 25.2. The van der Waals surface area contributed by atoms with Crippen LogP contribution in [-0.2, 0) is 22.6 Å². The van der Waals surface area contributed by atoms with Crippen molar-refractivity contribution in [2.45, 2.75) is 24.5 Å². The fourth-order valence-electron chi connectivity index (χ4n) is 2.41. The summed E-state index contributed by atoms with van der Waals surface area (Å²) in [5.74, 6) is 0.202. The summed E-state index contributed by atoms with van der Waals surface area (Å²) in [5.41, 5.74) is -0.323. The van der Waals surface area contributed by atoms with Gasteiger partial charge in [0, 0.05) is 13.1 Å². The van der Waals surface area contributed by atoms with Crippen LogP contribution in [0.4, 0.5) is 13.2 Å². The highest BCUT2D eigenvalue weighted by Gasteiger charge is 2.30. The molecular weight excluding hydrogens is 518 g/mol. The van der Waals surface area contributed by atoms with Crippen molar-refractivity contribution in [3.05, 3.63) is 65.7 Å². The van der Waals surface area contributed by atoms with Crippen LogP contribution in [0.2, 0.25) is 0 Å². The Bertz CT molecular complexity index is 904. The van der Waals surface area contributed by atoms with E-state index in [0.29, 0.717) is 18.1 Å². The molecule has 0 aromatic heterocycles. The lowest BCUT2D eigenvalue weighted by molar-refractivity contribution is -0.137. The largest absolute Gasteiger partial charge is 0.416 e. The van der Waals surface area contributed by atoms with E-state index in [2.05, 4.69) is 15.6 Å². The van der Waals surface area contributed by atoms with E-state index in [0.717, 1.165) is 12.1 Å². The Kier molecular flexibility index (Phi) is 9.90. The highest BCUT2D eigenvalue weighted by Crippen LogP contribution is 2.29. The predicted octanol–water partition coefficient (Wildman–Crippen LogP) is 3.85. The zero-order chi connectivity index (χ0) is 20.6. The van der Waals surface area contributed by atoms with Gasteiger partial charge in [0.05, 0.1) is 22.8 Å². The molecule has 0 atom stereocenters. The molecular formula is C19H23F3IN3O2S.